The molecule has 1 amide bonds. The molecule has 1 unspecified atom stereocenters. The highest BCUT2D eigenvalue weighted by atomic mass is 32.2. The van der Waals surface area contributed by atoms with Crippen molar-refractivity contribution in [3.63, 3.8) is 0 Å². The van der Waals surface area contributed by atoms with Gasteiger partial charge in [-0.1, -0.05) is 12.1 Å². The molecular weight excluding hydrogens is 344 g/mol. The summed E-state index contributed by atoms with van der Waals surface area (Å²) in [5, 5.41) is 3.08. The fourth-order valence-corrected chi connectivity index (χ4v) is 4.56. The molecule has 8 heteroatoms. The number of amides is 1. The molecule has 1 aliphatic heterocycles. The molecule has 0 aliphatic carbocycles. The summed E-state index contributed by atoms with van der Waals surface area (Å²) in [6.45, 7) is 2.38. The number of carbonyl (C=O) groups is 2. The molecule has 1 aromatic rings. The van der Waals surface area contributed by atoms with Gasteiger partial charge in [0.25, 0.3) is 0 Å². The quantitative estimate of drug-likeness (QED) is 0.730. The second-order valence-corrected chi connectivity index (χ2v) is 8.23. The SMILES string of the molecule is CCOC(=O)c1ccccc1NCCC(=O)N(C)C1CCS(=O)(=O)C1. The van der Waals surface area contributed by atoms with E-state index in [4.69, 9.17) is 4.74 Å². The molecular formula is C17H24N2O5S. The predicted octanol–water partition coefficient (Wildman–Crippen LogP) is 1.31. The molecule has 0 saturated carbocycles. The van der Waals surface area contributed by atoms with Crippen molar-refractivity contribution >= 4 is 27.4 Å². The number of nitrogens with zero attached hydrogens (tertiary/aromatic N) is 1. The van der Waals surface area contributed by atoms with E-state index < -0.39 is 15.8 Å². The van der Waals surface area contributed by atoms with Crippen molar-refractivity contribution in [3.8, 4) is 0 Å². The fraction of sp³-hybridized carbons (Fsp3) is 0.529. The van der Waals surface area contributed by atoms with Crippen LogP contribution in [0.25, 0.3) is 0 Å². The van der Waals surface area contributed by atoms with Crippen LogP contribution in [0.5, 0.6) is 0 Å². The van der Waals surface area contributed by atoms with Crippen LogP contribution in [-0.4, -0.2) is 62.9 Å². The third-order valence-corrected chi connectivity index (χ3v) is 5.98. The minimum absolute atomic E-state index is 0.0361. The monoisotopic (exact) mass is 368 g/mol. The summed E-state index contributed by atoms with van der Waals surface area (Å²) in [6.07, 6.45) is 0.702. The standard InChI is InChI=1S/C17H24N2O5S/c1-3-24-17(21)14-6-4-5-7-15(14)18-10-8-16(20)19(2)13-9-11-25(22,23)12-13/h4-7,13,18H,3,8-12H2,1-2H3. The lowest BCUT2D eigenvalue weighted by molar-refractivity contribution is -0.131. The number of hydrogen-bond donors (Lipinski definition) is 1. The highest BCUT2D eigenvalue weighted by Crippen LogP contribution is 2.18. The molecule has 0 radical (unpaired) electrons. The number of esters is 1. The number of benzene rings is 1. The normalized spacial score (nSPS) is 18.6. The van der Waals surface area contributed by atoms with E-state index in [2.05, 4.69) is 5.32 Å². The number of ether oxygens (including phenoxy) is 1. The molecule has 1 fully saturated rings. The van der Waals surface area contributed by atoms with E-state index in [1.54, 1.807) is 38.2 Å². The Morgan fingerprint density at radius 3 is 2.68 bits per heavy atom. The molecule has 1 aliphatic rings. The molecule has 1 N–H and O–H groups in total. The van der Waals surface area contributed by atoms with E-state index in [1.165, 1.54) is 4.90 Å². The van der Waals surface area contributed by atoms with E-state index in [0.29, 0.717) is 30.8 Å². The number of hydrogen-bond acceptors (Lipinski definition) is 6. The molecule has 25 heavy (non-hydrogen) atoms. The lowest BCUT2D eigenvalue weighted by Gasteiger charge is -2.23. The number of nitrogens with one attached hydrogen (secondary N) is 1. The minimum Gasteiger partial charge on any atom is -0.462 e. The van der Waals surface area contributed by atoms with Crippen molar-refractivity contribution in [2.24, 2.45) is 0 Å². The van der Waals surface area contributed by atoms with Crippen LogP contribution in [0, 0.1) is 0 Å². The van der Waals surface area contributed by atoms with Gasteiger partial charge >= 0.3 is 5.97 Å². The highest BCUT2D eigenvalue weighted by Gasteiger charge is 2.32. The van der Waals surface area contributed by atoms with Crippen molar-refractivity contribution in [3.05, 3.63) is 29.8 Å². The van der Waals surface area contributed by atoms with Gasteiger partial charge in [-0.05, 0) is 25.5 Å². The van der Waals surface area contributed by atoms with Gasteiger partial charge in [0, 0.05) is 31.7 Å². The molecule has 0 spiro atoms. The van der Waals surface area contributed by atoms with Gasteiger partial charge in [-0.25, -0.2) is 13.2 Å². The topological polar surface area (TPSA) is 92.8 Å². The average molecular weight is 368 g/mol. The van der Waals surface area contributed by atoms with Crippen molar-refractivity contribution < 1.29 is 22.7 Å². The van der Waals surface area contributed by atoms with Crippen molar-refractivity contribution in [2.75, 3.05) is 37.0 Å². The second kappa shape index (κ2) is 8.33. The average Bonchev–Trinajstić information content (AvgIpc) is 2.94. The maximum absolute atomic E-state index is 12.3. The van der Waals surface area contributed by atoms with Crippen LogP contribution in [-0.2, 0) is 19.4 Å². The Balaban J connectivity index is 1.88. The van der Waals surface area contributed by atoms with Gasteiger partial charge in [-0.2, -0.15) is 0 Å². The highest BCUT2D eigenvalue weighted by molar-refractivity contribution is 7.91. The van der Waals surface area contributed by atoms with Crippen LogP contribution in [0.1, 0.15) is 30.1 Å². The van der Waals surface area contributed by atoms with Crippen molar-refractivity contribution in [1.82, 2.24) is 4.90 Å². The second-order valence-electron chi connectivity index (χ2n) is 6.00. The van der Waals surface area contributed by atoms with Gasteiger partial charge < -0.3 is 15.0 Å². The van der Waals surface area contributed by atoms with E-state index >= 15 is 0 Å². The minimum atomic E-state index is -3.02. The number of rotatable bonds is 7. The Hall–Kier alpha value is -2.09. The van der Waals surface area contributed by atoms with Gasteiger partial charge in [0.15, 0.2) is 9.84 Å². The molecule has 138 valence electrons. The van der Waals surface area contributed by atoms with Crippen LogP contribution in [0.2, 0.25) is 0 Å². The maximum Gasteiger partial charge on any atom is 0.340 e. The molecule has 0 aromatic heterocycles. The Kier molecular flexibility index (Phi) is 6.41. The number of sulfone groups is 1. The molecule has 7 nitrogen and oxygen atoms in total. The Bertz CT molecular complexity index is 732. The van der Waals surface area contributed by atoms with Gasteiger partial charge in [-0.3, -0.25) is 4.79 Å². The summed E-state index contributed by atoms with van der Waals surface area (Å²) in [6, 6.07) is 6.71. The third-order valence-electron chi connectivity index (χ3n) is 4.23. The van der Waals surface area contributed by atoms with Gasteiger partial charge in [-0.15, -0.1) is 0 Å². The molecule has 0 bridgehead atoms. The van der Waals surface area contributed by atoms with E-state index in [-0.39, 0.29) is 29.9 Å². The third kappa shape index (κ3) is 5.19. The summed E-state index contributed by atoms with van der Waals surface area (Å²) in [4.78, 5) is 25.7. The van der Waals surface area contributed by atoms with Crippen LogP contribution in [0.3, 0.4) is 0 Å². The maximum atomic E-state index is 12.3. The number of carbonyl (C=O) groups excluding carboxylic acids is 2. The van der Waals surface area contributed by atoms with Crippen molar-refractivity contribution in [1.29, 1.82) is 0 Å². The first-order valence-electron chi connectivity index (χ1n) is 8.30. The van der Waals surface area contributed by atoms with Gasteiger partial charge in [0.1, 0.15) is 0 Å². The largest absolute Gasteiger partial charge is 0.462 e. The van der Waals surface area contributed by atoms with Crippen LogP contribution in [0.15, 0.2) is 24.3 Å². The van der Waals surface area contributed by atoms with Crippen LogP contribution in [0.4, 0.5) is 5.69 Å². The molecule has 1 aromatic carbocycles. The van der Waals surface area contributed by atoms with Gasteiger partial charge in [0.2, 0.25) is 5.91 Å². The smallest absolute Gasteiger partial charge is 0.340 e. The first-order valence-corrected chi connectivity index (χ1v) is 10.1. The van der Waals surface area contributed by atoms with E-state index in [0.717, 1.165) is 0 Å². The Morgan fingerprint density at radius 2 is 2.04 bits per heavy atom. The van der Waals surface area contributed by atoms with Crippen molar-refractivity contribution in [2.45, 2.75) is 25.8 Å². The molecule has 1 atom stereocenters. The fourth-order valence-electron chi connectivity index (χ4n) is 2.79. The zero-order valence-electron chi connectivity index (χ0n) is 14.5. The lowest BCUT2D eigenvalue weighted by atomic mass is 10.1. The zero-order valence-corrected chi connectivity index (χ0v) is 15.3. The molecule has 1 heterocycles. The van der Waals surface area contributed by atoms with Crippen LogP contribution >= 0.6 is 0 Å². The Labute approximate surface area is 148 Å². The predicted molar refractivity (Wildman–Crippen MR) is 95.3 cm³/mol. The zero-order chi connectivity index (χ0) is 18.4. The summed E-state index contributed by atoms with van der Waals surface area (Å²) in [7, 11) is -1.38. The summed E-state index contributed by atoms with van der Waals surface area (Å²) in [5.41, 5.74) is 1.03. The number of para-hydroxylation sites is 1. The lowest BCUT2D eigenvalue weighted by Crippen LogP contribution is -2.38. The van der Waals surface area contributed by atoms with E-state index in [9.17, 15) is 18.0 Å². The summed E-state index contributed by atoms with van der Waals surface area (Å²) in [5.74, 6) is -0.358. The first kappa shape index (κ1) is 19.2. The Morgan fingerprint density at radius 1 is 1.32 bits per heavy atom. The summed E-state index contributed by atoms with van der Waals surface area (Å²) < 4.78 is 28.1. The molecule has 1 saturated heterocycles. The number of anilines is 1. The molecule has 2 rings (SSSR count). The summed E-state index contributed by atoms with van der Waals surface area (Å²) >= 11 is 0. The van der Waals surface area contributed by atoms with Crippen LogP contribution < -0.4 is 5.32 Å². The first-order chi connectivity index (χ1) is 11.8. The van der Waals surface area contributed by atoms with E-state index in [1.807, 2.05) is 0 Å². The van der Waals surface area contributed by atoms with Gasteiger partial charge in [0.05, 0.1) is 23.7 Å².